The minimum absolute atomic E-state index is 0.152. The lowest BCUT2D eigenvalue weighted by Crippen LogP contribution is -2.26. The first-order valence-corrected chi connectivity index (χ1v) is 7.37. The van der Waals surface area contributed by atoms with Gasteiger partial charge in [0, 0.05) is 12.3 Å². The van der Waals surface area contributed by atoms with Crippen molar-refractivity contribution in [3.05, 3.63) is 41.7 Å². The second-order valence-corrected chi connectivity index (χ2v) is 5.40. The number of carbonyl (C=O) groups is 2. The minimum atomic E-state index is -1.02. The molecule has 2 heterocycles. The molecule has 2 aromatic rings. The van der Waals surface area contributed by atoms with Crippen LogP contribution >= 0.6 is 0 Å². The van der Waals surface area contributed by atoms with Crippen molar-refractivity contribution in [2.75, 3.05) is 11.9 Å². The summed E-state index contributed by atoms with van der Waals surface area (Å²) >= 11 is 0. The number of anilines is 1. The van der Waals surface area contributed by atoms with Gasteiger partial charge in [0.25, 0.3) is 5.91 Å². The van der Waals surface area contributed by atoms with Crippen LogP contribution in [0.3, 0.4) is 0 Å². The average molecular weight is 315 g/mol. The summed E-state index contributed by atoms with van der Waals surface area (Å²) in [5.74, 6) is -1.18. The van der Waals surface area contributed by atoms with Crippen LogP contribution in [0, 0.1) is 6.92 Å². The molecule has 1 fully saturated rings. The highest BCUT2D eigenvalue weighted by Gasteiger charge is 2.23. The quantitative estimate of drug-likeness (QED) is 0.900. The van der Waals surface area contributed by atoms with Crippen molar-refractivity contribution in [2.45, 2.75) is 25.9 Å². The van der Waals surface area contributed by atoms with Gasteiger partial charge >= 0.3 is 5.97 Å². The van der Waals surface area contributed by atoms with Crippen LogP contribution in [-0.4, -0.2) is 39.5 Å². The Balaban J connectivity index is 1.82. The third-order valence-corrected chi connectivity index (χ3v) is 3.82. The number of hydrogen-bond acceptors (Lipinski definition) is 4. The lowest BCUT2D eigenvalue weighted by molar-refractivity contribution is -0.124. The second-order valence-electron chi connectivity index (χ2n) is 5.40. The Bertz CT molecular complexity index is 748. The molecule has 0 unspecified atom stereocenters. The van der Waals surface area contributed by atoms with Crippen molar-refractivity contribution < 1.29 is 19.4 Å². The van der Waals surface area contributed by atoms with Gasteiger partial charge in [-0.15, -0.1) is 0 Å². The average Bonchev–Trinajstić information content (AvgIpc) is 3.16. The van der Waals surface area contributed by atoms with E-state index in [4.69, 9.17) is 9.84 Å². The molecule has 1 aromatic heterocycles. The third-order valence-electron chi connectivity index (χ3n) is 3.82. The summed E-state index contributed by atoms with van der Waals surface area (Å²) in [5.41, 5.74) is 1.98. The van der Waals surface area contributed by atoms with E-state index in [1.807, 2.05) is 0 Å². The topological polar surface area (TPSA) is 93.5 Å². The predicted octanol–water partition coefficient (Wildman–Crippen LogP) is 2.00. The summed E-state index contributed by atoms with van der Waals surface area (Å²) in [6, 6.07) is 7.10. The van der Waals surface area contributed by atoms with E-state index in [0.29, 0.717) is 23.7 Å². The SMILES string of the molecule is Cc1c(C(=O)O)cnn1-c1cccc(NC(=O)[C@@H]2CCCO2)c1. The summed E-state index contributed by atoms with van der Waals surface area (Å²) in [6.07, 6.45) is 2.53. The number of aromatic carboxylic acids is 1. The van der Waals surface area contributed by atoms with Gasteiger partial charge in [0.2, 0.25) is 0 Å². The molecule has 1 atom stereocenters. The fourth-order valence-corrected chi connectivity index (χ4v) is 2.60. The molecule has 1 aliphatic heterocycles. The predicted molar refractivity (Wildman–Crippen MR) is 82.9 cm³/mol. The number of amides is 1. The summed E-state index contributed by atoms with van der Waals surface area (Å²) in [4.78, 5) is 23.2. The summed E-state index contributed by atoms with van der Waals surface area (Å²) < 4.78 is 6.89. The maximum Gasteiger partial charge on any atom is 0.339 e. The van der Waals surface area contributed by atoms with Gasteiger partial charge in [-0.2, -0.15) is 5.10 Å². The monoisotopic (exact) mass is 315 g/mol. The summed E-state index contributed by atoms with van der Waals surface area (Å²) in [5, 5.41) is 16.0. The number of carboxylic acids is 1. The number of ether oxygens (including phenoxy) is 1. The van der Waals surface area contributed by atoms with E-state index in [9.17, 15) is 9.59 Å². The van der Waals surface area contributed by atoms with Crippen LogP contribution in [0.25, 0.3) is 5.69 Å². The molecule has 0 saturated carbocycles. The van der Waals surface area contributed by atoms with E-state index in [0.717, 1.165) is 12.8 Å². The van der Waals surface area contributed by atoms with Gasteiger partial charge in [-0.1, -0.05) is 6.07 Å². The number of carbonyl (C=O) groups excluding carboxylic acids is 1. The van der Waals surface area contributed by atoms with E-state index in [1.165, 1.54) is 10.9 Å². The summed E-state index contributed by atoms with van der Waals surface area (Å²) in [7, 11) is 0. The number of carboxylic acid groups (broad SMARTS) is 1. The molecular formula is C16H17N3O4. The normalized spacial score (nSPS) is 17.2. The standard InChI is InChI=1S/C16H17N3O4/c1-10-13(16(21)22)9-17-19(10)12-5-2-4-11(8-12)18-15(20)14-6-3-7-23-14/h2,4-5,8-9,14H,3,6-7H2,1H3,(H,18,20)(H,21,22)/t14-/m0/s1. The van der Waals surface area contributed by atoms with Gasteiger partial charge in [0.05, 0.1) is 17.6 Å². The zero-order valence-corrected chi connectivity index (χ0v) is 12.7. The van der Waals surface area contributed by atoms with Crippen molar-refractivity contribution in [2.24, 2.45) is 0 Å². The molecule has 0 radical (unpaired) electrons. The van der Waals surface area contributed by atoms with E-state index in [1.54, 1.807) is 31.2 Å². The van der Waals surface area contributed by atoms with Crippen LogP contribution in [0.15, 0.2) is 30.5 Å². The molecule has 2 N–H and O–H groups in total. The molecule has 120 valence electrons. The lowest BCUT2D eigenvalue weighted by atomic mass is 10.2. The molecule has 23 heavy (non-hydrogen) atoms. The van der Waals surface area contributed by atoms with E-state index in [-0.39, 0.29) is 11.5 Å². The Labute approximate surface area is 132 Å². The zero-order chi connectivity index (χ0) is 16.4. The Hall–Kier alpha value is -2.67. The van der Waals surface area contributed by atoms with Crippen LogP contribution in [0.5, 0.6) is 0 Å². The number of nitrogens with zero attached hydrogens (tertiary/aromatic N) is 2. The zero-order valence-electron chi connectivity index (χ0n) is 12.7. The minimum Gasteiger partial charge on any atom is -0.478 e. The number of rotatable bonds is 4. The highest BCUT2D eigenvalue weighted by Crippen LogP contribution is 2.19. The van der Waals surface area contributed by atoms with E-state index in [2.05, 4.69) is 10.4 Å². The molecule has 0 spiro atoms. The molecule has 7 nitrogen and oxygen atoms in total. The van der Waals surface area contributed by atoms with Crippen molar-refractivity contribution >= 4 is 17.6 Å². The van der Waals surface area contributed by atoms with Crippen LogP contribution in [-0.2, 0) is 9.53 Å². The fourth-order valence-electron chi connectivity index (χ4n) is 2.60. The molecule has 0 bridgehead atoms. The van der Waals surface area contributed by atoms with Crippen molar-refractivity contribution in [1.29, 1.82) is 0 Å². The van der Waals surface area contributed by atoms with E-state index >= 15 is 0 Å². The van der Waals surface area contributed by atoms with Crippen LogP contribution in [0.2, 0.25) is 0 Å². The summed E-state index contributed by atoms with van der Waals surface area (Å²) in [6.45, 7) is 2.30. The molecule has 0 aliphatic carbocycles. The van der Waals surface area contributed by atoms with Crippen molar-refractivity contribution in [3.8, 4) is 5.69 Å². The molecule has 1 saturated heterocycles. The smallest absolute Gasteiger partial charge is 0.339 e. The first kappa shape index (κ1) is 15.2. The van der Waals surface area contributed by atoms with Gasteiger partial charge in [-0.3, -0.25) is 4.79 Å². The van der Waals surface area contributed by atoms with Crippen molar-refractivity contribution in [1.82, 2.24) is 9.78 Å². The first-order valence-electron chi connectivity index (χ1n) is 7.37. The highest BCUT2D eigenvalue weighted by atomic mass is 16.5. The first-order chi connectivity index (χ1) is 11.1. The van der Waals surface area contributed by atoms with Crippen LogP contribution < -0.4 is 5.32 Å². The number of hydrogen-bond donors (Lipinski definition) is 2. The van der Waals surface area contributed by atoms with Gasteiger partial charge in [0.1, 0.15) is 11.7 Å². The molecular weight excluding hydrogens is 298 g/mol. The third kappa shape index (κ3) is 3.09. The Morgan fingerprint density at radius 2 is 2.26 bits per heavy atom. The lowest BCUT2D eigenvalue weighted by Gasteiger charge is -2.12. The molecule has 7 heteroatoms. The fraction of sp³-hybridized carbons (Fsp3) is 0.312. The highest BCUT2D eigenvalue weighted by molar-refractivity contribution is 5.94. The maximum atomic E-state index is 12.1. The van der Waals surface area contributed by atoms with Gasteiger partial charge < -0.3 is 15.2 Å². The van der Waals surface area contributed by atoms with Gasteiger partial charge in [-0.25, -0.2) is 9.48 Å². The number of benzene rings is 1. The van der Waals surface area contributed by atoms with E-state index < -0.39 is 12.1 Å². The number of nitrogens with one attached hydrogen (secondary N) is 1. The van der Waals surface area contributed by atoms with Crippen LogP contribution in [0.4, 0.5) is 5.69 Å². The molecule has 1 amide bonds. The Morgan fingerprint density at radius 1 is 1.43 bits per heavy atom. The van der Waals surface area contributed by atoms with Gasteiger partial charge in [-0.05, 0) is 38.0 Å². The largest absolute Gasteiger partial charge is 0.478 e. The van der Waals surface area contributed by atoms with Crippen molar-refractivity contribution in [3.63, 3.8) is 0 Å². The molecule has 1 aliphatic rings. The maximum absolute atomic E-state index is 12.1. The molecule has 1 aromatic carbocycles. The second kappa shape index (κ2) is 6.21. The number of aromatic nitrogens is 2. The Morgan fingerprint density at radius 3 is 2.91 bits per heavy atom. The van der Waals surface area contributed by atoms with Gasteiger partial charge in [0.15, 0.2) is 0 Å². The Kier molecular flexibility index (Phi) is 4.12. The van der Waals surface area contributed by atoms with Crippen LogP contribution in [0.1, 0.15) is 28.9 Å². The molecule has 3 rings (SSSR count).